The summed E-state index contributed by atoms with van der Waals surface area (Å²) in [6.45, 7) is 0. The lowest BCUT2D eigenvalue weighted by Gasteiger charge is -2.02. The summed E-state index contributed by atoms with van der Waals surface area (Å²) in [4.78, 5) is 21.4. The summed E-state index contributed by atoms with van der Waals surface area (Å²) in [6.07, 6.45) is 4.66. The van der Waals surface area contributed by atoms with E-state index in [1.807, 2.05) is 6.07 Å². The van der Waals surface area contributed by atoms with Crippen LogP contribution in [-0.2, 0) is 16.8 Å². The number of nitrogens with two attached hydrogens (primary N) is 1. The summed E-state index contributed by atoms with van der Waals surface area (Å²) in [7, 11) is 1.64. The first-order chi connectivity index (χ1) is 12.5. The number of aliphatic imine (C=N–C) groups is 1. The van der Waals surface area contributed by atoms with Crippen LogP contribution < -0.4 is 11.2 Å². The third-order valence-electron chi connectivity index (χ3n) is 4.02. The van der Waals surface area contributed by atoms with Crippen LogP contribution in [0.15, 0.2) is 58.6 Å². The topological polar surface area (TPSA) is 106 Å². The average molecular weight is 367 g/mol. The summed E-state index contributed by atoms with van der Waals surface area (Å²) in [5, 5.41) is 1.67. The van der Waals surface area contributed by atoms with Gasteiger partial charge in [-0.3, -0.25) is 14.8 Å². The smallest absolute Gasteiger partial charge is 0.195 e. The van der Waals surface area contributed by atoms with E-state index in [4.69, 9.17) is 10.3 Å². The van der Waals surface area contributed by atoms with Gasteiger partial charge in [-0.15, -0.1) is 0 Å². The number of pyridine rings is 1. The van der Waals surface area contributed by atoms with Gasteiger partial charge in [-0.05, 0) is 29.1 Å². The molecular formula is C19H17N3O3S. The highest BCUT2D eigenvalue weighted by Gasteiger charge is 2.08. The third kappa shape index (κ3) is 3.54. The molecule has 0 aliphatic rings. The highest BCUT2D eigenvalue weighted by molar-refractivity contribution is 7.78. The summed E-state index contributed by atoms with van der Waals surface area (Å²) in [6, 6.07) is 10.5. The van der Waals surface area contributed by atoms with Gasteiger partial charge in [-0.1, -0.05) is 18.2 Å². The molecule has 6 nitrogen and oxygen atoms in total. The zero-order valence-electron chi connectivity index (χ0n) is 14.0. The molecule has 3 aromatic rings. The molecule has 0 amide bonds. The summed E-state index contributed by atoms with van der Waals surface area (Å²) >= 11 is -1.97. The van der Waals surface area contributed by atoms with Crippen molar-refractivity contribution in [3.8, 4) is 0 Å². The van der Waals surface area contributed by atoms with Crippen molar-refractivity contribution in [2.45, 2.75) is 5.75 Å². The van der Waals surface area contributed by atoms with Crippen LogP contribution in [0.4, 0.5) is 0 Å². The molecule has 0 bridgehead atoms. The van der Waals surface area contributed by atoms with Crippen LogP contribution in [-0.4, -0.2) is 27.0 Å². The van der Waals surface area contributed by atoms with Crippen molar-refractivity contribution in [2.75, 3.05) is 7.05 Å². The molecule has 0 spiro atoms. The Kier molecular flexibility index (Phi) is 5.20. The molecule has 0 saturated carbocycles. The molecule has 1 unspecified atom stereocenters. The molecule has 3 rings (SSSR count). The van der Waals surface area contributed by atoms with Gasteiger partial charge in [0.25, 0.3) is 0 Å². The lowest BCUT2D eigenvalue weighted by Crippen LogP contribution is -2.02. The molecule has 26 heavy (non-hydrogen) atoms. The minimum absolute atomic E-state index is 0.0254. The lowest BCUT2D eigenvalue weighted by molar-refractivity contribution is 0.563. The van der Waals surface area contributed by atoms with Gasteiger partial charge >= 0.3 is 0 Å². The minimum atomic E-state index is -1.97. The summed E-state index contributed by atoms with van der Waals surface area (Å²) < 4.78 is 20.2. The van der Waals surface area contributed by atoms with Crippen molar-refractivity contribution >= 4 is 44.5 Å². The van der Waals surface area contributed by atoms with Crippen LogP contribution in [0.25, 0.3) is 27.2 Å². The summed E-state index contributed by atoms with van der Waals surface area (Å²) in [5.74, 6) is -0.0254. The van der Waals surface area contributed by atoms with Crippen molar-refractivity contribution in [1.82, 2.24) is 4.98 Å². The molecule has 7 heteroatoms. The molecular weight excluding hydrogens is 350 g/mol. The SMILES string of the molecule is CN=CC(=CN)c1cnc2ccc3ccc(CS(=O)O)cc3c(=O)c2c1. The minimum Gasteiger partial charge on any atom is -0.404 e. The average Bonchev–Trinajstić information content (AvgIpc) is 2.76. The number of allylic oxidation sites excluding steroid dienone is 1. The predicted octanol–water partition coefficient (Wildman–Crippen LogP) is 2.47. The number of hydrogen-bond acceptors (Lipinski definition) is 5. The van der Waals surface area contributed by atoms with Crippen LogP contribution in [0, 0.1) is 0 Å². The molecule has 132 valence electrons. The molecule has 0 fully saturated rings. The maximum atomic E-state index is 13.1. The Morgan fingerprint density at radius 3 is 2.73 bits per heavy atom. The van der Waals surface area contributed by atoms with Gasteiger partial charge in [0.2, 0.25) is 0 Å². The fourth-order valence-corrected chi connectivity index (χ4v) is 3.26. The lowest BCUT2D eigenvalue weighted by atomic mass is 10.1. The Morgan fingerprint density at radius 2 is 2.04 bits per heavy atom. The van der Waals surface area contributed by atoms with E-state index in [1.54, 1.807) is 49.8 Å². The molecule has 0 aliphatic carbocycles. The fourth-order valence-electron chi connectivity index (χ4n) is 2.79. The van der Waals surface area contributed by atoms with Gasteiger partial charge in [0.15, 0.2) is 16.5 Å². The monoisotopic (exact) mass is 367 g/mol. The van der Waals surface area contributed by atoms with Gasteiger partial charge in [0.05, 0.1) is 11.3 Å². The summed E-state index contributed by atoms with van der Waals surface area (Å²) in [5.41, 5.74) is 7.99. The third-order valence-corrected chi connectivity index (χ3v) is 4.60. The van der Waals surface area contributed by atoms with Crippen LogP contribution in [0.3, 0.4) is 0 Å². The van der Waals surface area contributed by atoms with Gasteiger partial charge in [-0.25, -0.2) is 4.21 Å². The highest BCUT2D eigenvalue weighted by Crippen LogP contribution is 2.19. The van der Waals surface area contributed by atoms with E-state index in [-0.39, 0.29) is 11.2 Å². The van der Waals surface area contributed by atoms with Gasteiger partial charge in [-0.2, -0.15) is 0 Å². The molecule has 0 saturated heterocycles. The number of rotatable bonds is 4. The highest BCUT2D eigenvalue weighted by atomic mass is 32.2. The Morgan fingerprint density at radius 1 is 1.27 bits per heavy atom. The van der Waals surface area contributed by atoms with Gasteiger partial charge < -0.3 is 10.3 Å². The molecule has 2 aromatic carbocycles. The molecule has 1 heterocycles. The first kappa shape index (κ1) is 17.9. The zero-order chi connectivity index (χ0) is 18.7. The number of hydrogen-bond donors (Lipinski definition) is 2. The van der Waals surface area contributed by atoms with Gasteiger partial charge in [0.1, 0.15) is 0 Å². The standard InChI is InChI=1S/C19H17N3O3S/c1-21-9-15(8-20)14-7-17-18(22-10-14)5-4-13-3-2-12(11-26(24)25)6-16(13)19(17)23/h2-10H,11,20H2,1H3,(H,24,25). The van der Waals surface area contributed by atoms with Crippen molar-refractivity contribution in [3.05, 3.63) is 70.1 Å². The Labute approximate surface area is 152 Å². The van der Waals surface area contributed by atoms with E-state index in [0.717, 1.165) is 5.39 Å². The molecule has 3 N–H and O–H groups in total. The van der Waals surface area contributed by atoms with Crippen molar-refractivity contribution in [3.63, 3.8) is 0 Å². The number of aromatic nitrogens is 1. The number of benzene rings is 1. The van der Waals surface area contributed by atoms with Crippen molar-refractivity contribution in [2.24, 2.45) is 10.7 Å². The van der Waals surface area contributed by atoms with E-state index in [1.165, 1.54) is 6.20 Å². The number of nitrogens with zero attached hydrogens (tertiary/aromatic N) is 2. The predicted molar refractivity (Wildman–Crippen MR) is 107 cm³/mol. The molecule has 0 aliphatic heterocycles. The first-order valence-electron chi connectivity index (χ1n) is 7.81. The van der Waals surface area contributed by atoms with Crippen LogP contribution in [0.5, 0.6) is 0 Å². The van der Waals surface area contributed by atoms with Crippen molar-refractivity contribution < 1.29 is 8.76 Å². The fraction of sp³-hybridized carbons (Fsp3) is 0.105. The van der Waals surface area contributed by atoms with E-state index >= 15 is 0 Å². The second kappa shape index (κ2) is 7.55. The van der Waals surface area contributed by atoms with Crippen LogP contribution in [0.1, 0.15) is 11.1 Å². The zero-order valence-corrected chi connectivity index (χ0v) is 14.9. The first-order valence-corrected chi connectivity index (χ1v) is 9.08. The van der Waals surface area contributed by atoms with Crippen LogP contribution in [0.2, 0.25) is 0 Å². The maximum absolute atomic E-state index is 13.1. The number of fused-ring (bicyclic) bond motifs is 2. The molecule has 1 aromatic heterocycles. The Balaban J connectivity index is 2.32. The van der Waals surface area contributed by atoms with E-state index < -0.39 is 11.1 Å². The van der Waals surface area contributed by atoms with E-state index in [0.29, 0.717) is 33.0 Å². The van der Waals surface area contributed by atoms with Crippen LogP contribution >= 0.6 is 0 Å². The normalized spacial score (nSPS) is 13.5. The molecule has 0 radical (unpaired) electrons. The second-order valence-electron chi connectivity index (χ2n) is 5.72. The largest absolute Gasteiger partial charge is 0.404 e. The molecule has 1 atom stereocenters. The second-order valence-corrected chi connectivity index (χ2v) is 6.65. The van der Waals surface area contributed by atoms with E-state index in [9.17, 15) is 9.00 Å². The quantitative estimate of drug-likeness (QED) is 0.544. The van der Waals surface area contributed by atoms with E-state index in [2.05, 4.69) is 9.98 Å². The maximum Gasteiger partial charge on any atom is 0.195 e. The van der Waals surface area contributed by atoms with Crippen molar-refractivity contribution in [1.29, 1.82) is 0 Å². The Bertz CT molecular complexity index is 1140. The Hall–Kier alpha value is -2.90. The van der Waals surface area contributed by atoms with Gasteiger partial charge in [0, 0.05) is 47.6 Å².